The number of carbonyl (C=O) groups excluding carboxylic acids is 1. The molecule has 1 atom stereocenters. The minimum atomic E-state index is 0.00456. The summed E-state index contributed by atoms with van der Waals surface area (Å²) in [5, 5.41) is 0. The average Bonchev–Trinajstić information content (AvgIpc) is 2.28. The molecular formula is C11H10Br2O. The molecule has 1 aromatic carbocycles. The normalized spacial score (nSPS) is 21.6. The number of carbonyl (C=O) groups is 1. The van der Waals surface area contributed by atoms with Crippen LogP contribution in [0.15, 0.2) is 22.7 Å². The molecule has 0 saturated heterocycles. The second-order valence-electron chi connectivity index (χ2n) is 3.53. The van der Waals surface area contributed by atoms with Crippen molar-refractivity contribution in [3.05, 3.63) is 33.8 Å². The van der Waals surface area contributed by atoms with E-state index in [1.165, 1.54) is 5.56 Å². The monoisotopic (exact) mass is 316 g/mol. The Labute approximate surface area is 100 Å². The molecule has 0 saturated carbocycles. The molecule has 1 aromatic rings. The van der Waals surface area contributed by atoms with Gasteiger partial charge < -0.3 is 0 Å². The number of hydrogen-bond acceptors (Lipinski definition) is 1. The minimum Gasteiger partial charge on any atom is -0.293 e. The molecule has 0 N–H and O–H groups in total. The SMILES string of the molecule is O=C1c2ccc(Br)cc2CCC[C@H]1Br. The van der Waals surface area contributed by atoms with Gasteiger partial charge in [-0.15, -0.1) is 0 Å². The van der Waals surface area contributed by atoms with Crippen molar-refractivity contribution in [3.8, 4) is 0 Å². The Hall–Kier alpha value is -0.150. The number of alkyl halides is 1. The first-order chi connectivity index (χ1) is 6.68. The van der Waals surface area contributed by atoms with E-state index in [0.29, 0.717) is 0 Å². The molecule has 0 aliphatic heterocycles. The van der Waals surface area contributed by atoms with Crippen LogP contribution >= 0.6 is 31.9 Å². The summed E-state index contributed by atoms with van der Waals surface area (Å²) in [6, 6.07) is 5.90. The van der Waals surface area contributed by atoms with Gasteiger partial charge in [0.2, 0.25) is 0 Å². The van der Waals surface area contributed by atoms with Crippen LogP contribution in [0.2, 0.25) is 0 Å². The number of aryl methyl sites for hydroxylation is 1. The lowest BCUT2D eigenvalue weighted by Gasteiger charge is -2.06. The molecule has 1 nitrogen and oxygen atoms in total. The average molecular weight is 318 g/mol. The third-order valence-corrected chi connectivity index (χ3v) is 3.89. The molecule has 1 aliphatic rings. The molecule has 0 spiro atoms. The molecule has 0 radical (unpaired) electrons. The van der Waals surface area contributed by atoms with Crippen molar-refractivity contribution in [2.75, 3.05) is 0 Å². The summed E-state index contributed by atoms with van der Waals surface area (Å²) in [6.07, 6.45) is 3.01. The van der Waals surface area contributed by atoms with Crippen LogP contribution in [0.3, 0.4) is 0 Å². The van der Waals surface area contributed by atoms with E-state index < -0.39 is 0 Å². The molecule has 3 heteroatoms. The summed E-state index contributed by atoms with van der Waals surface area (Å²) in [7, 11) is 0. The van der Waals surface area contributed by atoms with Gasteiger partial charge in [-0.2, -0.15) is 0 Å². The zero-order chi connectivity index (χ0) is 10.1. The summed E-state index contributed by atoms with van der Waals surface area (Å²) in [5.74, 6) is 0.227. The van der Waals surface area contributed by atoms with Crippen molar-refractivity contribution in [2.45, 2.75) is 24.1 Å². The van der Waals surface area contributed by atoms with Gasteiger partial charge in [-0.05, 0) is 43.0 Å². The second kappa shape index (κ2) is 4.15. The lowest BCUT2D eigenvalue weighted by molar-refractivity contribution is 0.0990. The van der Waals surface area contributed by atoms with E-state index in [9.17, 15) is 4.79 Å². The lowest BCUT2D eigenvalue weighted by Crippen LogP contribution is -2.12. The van der Waals surface area contributed by atoms with Gasteiger partial charge in [-0.1, -0.05) is 31.9 Å². The topological polar surface area (TPSA) is 17.1 Å². The summed E-state index contributed by atoms with van der Waals surface area (Å²) < 4.78 is 1.05. The number of hydrogen-bond donors (Lipinski definition) is 0. The van der Waals surface area contributed by atoms with Gasteiger partial charge in [0.05, 0.1) is 4.83 Å². The van der Waals surface area contributed by atoms with Crippen LogP contribution in [0, 0.1) is 0 Å². The molecule has 0 aromatic heterocycles. The van der Waals surface area contributed by atoms with E-state index in [0.717, 1.165) is 29.3 Å². The fourth-order valence-electron chi connectivity index (χ4n) is 1.78. The molecule has 2 rings (SSSR count). The number of Topliss-reactive ketones (excluding diaryl/α,β-unsaturated/α-hetero) is 1. The van der Waals surface area contributed by atoms with Crippen molar-refractivity contribution in [1.82, 2.24) is 0 Å². The highest BCUT2D eigenvalue weighted by Crippen LogP contribution is 2.26. The maximum Gasteiger partial charge on any atom is 0.176 e. The van der Waals surface area contributed by atoms with Gasteiger partial charge in [0.1, 0.15) is 0 Å². The van der Waals surface area contributed by atoms with Crippen LogP contribution < -0.4 is 0 Å². The highest BCUT2D eigenvalue weighted by atomic mass is 79.9. The van der Waals surface area contributed by atoms with Gasteiger partial charge in [0.15, 0.2) is 5.78 Å². The Bertz CT molecular complexity index is 374. The van der Waals surface area contributed by atoms with Crippen LogP contribution in [0.25, 0.3) is 0 Å². The van der Waals surface area contributed by atoms with E-state index >= 15 is 0 Å². The third kappa shape index (κ3) is 1.94. The number of fused-ring (bicyclic) bond motifs is 1. The van der Waals surface area contributed by atoms with E-state index in [-0.39, 0.29) is 10.6 Å². The Balaban J connectivity index is 2.48. The summed E-state index contributed by atoms with van der Waals surface area (Å²) in [4.78, 5) is 11.9. The van der Waals surface area contributed by atoms with E-state index in [1.54, 1.807) is 0 Å². The fraction of sp³-hybridized carbons (Fsp3) is 0.364. The third-order valence-electron chi connectivity index (χ3n) is 2.52. The maximum absolute atomic E-state index is 11.9. The molecule has 0 unspecified atom stereocenters. The second-order valence-corrected chi connectivity index (χ2v) is 5.55. The molecule has 0 fully saturated rings. The van der Waals surface area contributed by atoms with Gasteiger partial charge in [-0.3, -0.25) is 4.79 Å². The van der Waals surface area contributed by atoms with Crippen molar-refractivity contribution >= 4 is 37.6 Å². The van der Waals surface area contributed by atoms with Crippen LogP contribution in [-0.2, 0) is 6.42 Å². The first-order valence-corrected chi connectivity index (χ1v) is 6.36. The van der Waals surface area contributed by atoms with Gasteiger partial charge in [-0.25, -0.2) is 0 Å². The number of halogens is 2. The Kier molecular flexibility index (Phi) is 3.07. The predicted octanol–water partition coefficient (Wildman–Crippen LogP) is 3.73. The summed E-state index contributed by atoms with van der Waals surface area (Å²) in [6.45, 7) is 0. The molecule has 0 amide bonds. The van der Waals surface area contributed by atoms with Crippen LogP contribution in [-0.4, -0.2) is 10.6 Å². The first kappa shape index (κ1) is 10.4. The standard InChI is InChI=1S/C11H10Br2O/c12-8-4-5-9-7(6-8)2-1-3-10(13)11(9)14/h4-6,10H,1-3H2/t10-/m1/s1. The van der Waals surface area contributed by atoms with Crippen molar-refractivity contribution in [1.29, 1.82) is 0 Å². The quantitative estimate of drug-likeness (QED) is 0.526. The zero-order valence-electron chi connectivity index (χ0n) is 7.59. The molecule has 0 bridgehead atoms. The minimum absolute atomic E-state index is 0.00456. The van der Waals surface area contributed by atoms with Crippen LogP contribution in [0.1, 0.15) is 28.8 Å². The van der Waals surface area contributed by atoms with E-state index in [4.69, 9.17) is 0 Å². The Morgan fingerprint density at radius 3 is 2.93 bits per heavy atom. The molecule has 74 valence electrons. The fourth-order valence-corrected chi connectivity index (χ4v) is 2.76. The molecule has 14 heavy (non-hydrogen) atoms. The molecule has 1 aliphatic carbocycles. The Morgan fingerprint density at radius 2 is 2.14 bits per heavy atom. The summed E-state index contributed by atoms with van der Waals surface area (Å²) in [5.41, 5.74) is 2.05. The highest BCUT2D eigenvalue weighted by Gasteiger charge is 2.22. The van der Waals surface area contributed by atoms with Crippen molar-refractivity contribution < 1.29 is 4.79 Å². The largest absolute Gasteiger partial charge is 0.293 e. The number of rotatable bonds is 0. The van der Waals surface area contributed by atoms with Crippen molar-refractivity contribution in [3.63, 3.8) is 0 Å². The smallest absolute Gasteiger partial charge is 0.176 e. The van der Waals surface area contributed by atoms with E-state index in [1.807, 2.05) is 12.1 Å². The lowest BCUT2D eigenvalue weighted by atomic mass is 10.0. The molecular weight excluding hydrogens is 308 g/mol. The van der Waals surface area contributed by atoms with Gasteiger partial charge >= 0.3 is 0 Å². The predicted molar refractivity (Wildman–Crippen MR) is 64.1 cm³/mol. The first-order valence-electron chi connectivity index (χ1n) is 4.65. The van der Waals surface area contributed by atoms with Crippen molar-refractivity contribution in [2.24, 2.45) is 0 Å². The number of benzene rings is 1. The van der Waals surface area contributed by atoms with Crippen LogP contribution in [0.4, 0.5) is 0 Å². The zero-order valence-corrected chi connectivity index (χ0v) is 10.8. The highest BCUT2D eigenvalue weighted by molar-refractivity contribution is 9.10. The van der Waals surface area contributed by atoms with Gasteiger partial charge in [0.25, 0.3) is 0 Å². The van der Waals surface area contributed by atoms with Crippen LogP contribution in [0.5, 0.6) is 0 Å². The summed E-state index contributed by atoms with van der Waals surface area (Å²) >= 11 is 6.86. The maximum atomic E-state index is 11.9. The number of ketones is 1. The van der Waals surface area contributed by atoms with E-state index in [2.05, 4.69) is 37.9 Å². The Morgan fingerprint density at radius 1 is 1.36 bits per heavy atom. The molecule has 0 heterocycles. The van der Waals surface area contributed by atoms with Gasteiger partial charge in [0, 0.05) is 10.0 Å².